The number of hydrogen-bond acceptors (Lipinski definition) is 4. The van der Waals surface area contributed by atoms with E-state index in [1.807, 2.05) is 36.4 Å². The number of unbranched alkanes of at least 4 members (excludes halogenated alkanes) is 1. The molecule has 0 aliphatic heterocycles. The van der Waals surface area contributed by atoms with Crippen molar-refractivity contribution < 1.29 is 19.4 Å². The maximum atomic E-state index is 11.9. The summed E-state index contributed by atoms with van der Waals surface area (Å²) in [5.41, 5.74) is 2.08. The SMILES string of the molecule is CCCCC(C)(C)C(O)c1cccc(OCc2cccc(C(=O)OCC)c2)c1. The van der Waals surface area contributed by atoms with E-state index in [0.29, 0.717) is 24.5 Å². The van der Waals surface area contributed by atoms with Crippen molar-refractivity contribution >= 4 is 5.97 Å². The Morgan fingerprint density at radius 1 is 1.11 bits per heavy atom. The summed E-state index contributed by atoms with van der Waals surface area (Å²) in [5, 5.41) is 10.8. The molecule has 1 atom stereocenters. The van der Waals surface area contributed by atoms with Gasteiger partial charge in [-0.15, -0.1) is 0 Å². The number of benzene rings is 2. The van der Waals surface area contributed by atoms with Gasteiger partial charge in [0.05, 0.1) is 18.3 Å². The van der Waals surface area contributed by atoms with Crippen molar-refractivity contribution in [1.82, 2.24) is 0 Å². The standard InChI is InChI=1S/C24H32O4/c1-5-7-14-24(3,4)22(25)19-11-9-13-21(16-19)28-17-18-10-8-12-20(15-18)23(26)27-6-2/h8-13,15-16,22,25H,5-7,14,17H2,1-4H3. The summed E-state index contributed by atoms with van der Waals surface area (Å²) in [5.74, 6) is 0.369. The van der Waals surface area contributed by atoms with Crippen LogP contribution in [0.1, 0.15) is 74.5 Å². The van der Waals surface area contributed by atoms with Crippen LogP contribution in [-0.2, 0) is 11.3 Å². The number of hydrogen-bond donors (Lipinski definition) is 1. The van der Waals surface area contributed by atoms with E-state index in [0.717, 1.165) is 30.4 Å². The van der Waals surface area contributed by atoms with Crippen molar-refractivity contribution in [2.45, 2.75) is 59.7 Å². The van der Waals surface area contributed by atoms with Gasteiger partial charge in [0.1, 0.15) is 12.4 Å². The molecule has 28 heavy (non-hydrogen) atoms. The molecule has 1 N–H and O–H groups in total. The topological polar surface area (TPSA) is 55.8 Å². The number of carbonyl (C=O) groups excluding carboxylic acids is 1. The molecule has 0 spiro atoms. The van der Waals surface area contributed by atoms with Gasteiger partial charge in [0.25, 0.3) is 0 Å². The molecule has 0 bridgehead atoms. The van der Waals surface area contributed by atoms with Crippen LogP contribution in [0, 0.1) is 5.41 Å². The van der Waals surface area contributed by atoms with Gasteiger partial charge < -0.3 is 14.6 Å². The van der Waals surface area contributed by atoms with Gasteiger partial charge in [-0.2, -0.15) is 0 Å². The second-order valence-electron chi connectivity index (χ2n) is 7.78. The van der Waals surface area contributed by atoms with Gasteiger partial charge in [-0.25, -0.2) is 4.79 Å². The normalized spacial score (nSPS) is 12.5. The zero-order valence-corrected chi connectivity index (χ0v) is 17.4. The molecule has 1 unspecified atom stereocenters. The summed E-state index contributed by atoms with van der Waals surface area (Å²) in [6, 6.07) is 14.9. The van der Waals surface area contributed by atoms with E-state index >= 15 is 0 Å². The first-order valence-corrected chi connectivity index (χ1v) is 10.0. The van der Waals surface area contributed by atoms with Crippen LogP contribution < -0.4 is 4.74 Å². The molecule has 2 rings (SSSR count). The minimum absolute atomic E-state index is 0.192. The molecule has 0 aliphatic rings. The molecule has 2 aromatic rings. The Balaban J connectivity index is 2.05. The fourth-order valence-electron chi connectivity index (χ4n) is 3.16. The third kappa shape index (κ3) is 6.10. The van der Waals surface area contributed by atoms with Gasteiger partial charge in [0.15, 0.2) is 0 Å². The van der Waals surface area contributed by atoms with Crippen molar-refractivity contribution in [2.24, 2.45) is 5.41 Å². The largest absolute Gasteiger partial charge is 0.489 e. The van der Waals surface area contributed by atoms with Crippen LogP contribution in [0.25, 0.3) is 0 Å². The average Bonchev–Trinajstić information content (AvgIpc) is 2.71. The van der Waals surface area contributed by atoms with Gasteiger partial charge in [-0.3, -0.25) is 0 Å². The molecular weight excluding hydrogens is 352 g/mol. The van der Waals surface area contributed by atoms with E-state index in [-0.39, 0.29) is 11.4 Å². The van der Waals surface area contributed by atoms with Crippen LogP contribution >= 0.6 is 0 Å². The number of aliphatic hydroxyl groups is 1. The molecule has 0 heterocycles. The van der Waals surface area contributed by atoms with Crippen molar-refractivity contribution in [3.63, 3.8) is 0 Å². The molecule has 4 heteroatoms. The van der Waals surface area contributed by atoms with E-state index in [1.165, 1.54) is 0 Å². The summed E-state index contributed by atoms with van der Waals surface area (Å²) >= 11 is 0. The first-order valence-electron chi connectivity index (χ1n) is 10.0. The Morgan fingerprint density at radius 2 is 1.86 bits per heavy atom. The Hall–Kier alpha value is -2.33. The minimum Gasteiger partial charge on any atom is -0.489 e. The molecule has 0 amide bonds. The van der Waals surface area contributed by atoms with Crippen molar-refractivity contribution in [3.05, 3.63) is 65.2 Å². The lowest BCUT2D eigenvalue weighted by molar-refractivity contribution is 0.0412. The maximum Gasteiger partial charge on any atom is 0.338 e. The van der Waals surface area contributed by atoms with Crippen molar-refractivity contribution in [2.75, 3.05) is 6.61 Å². The number of rotatable bonds is 10. The van der Waals surface area contributed by atoms with Crippen molar-refractivity contribution in [3.8, 4) is 5.75 Å². The fraction of sp³-hybridized carbons (Fsp3) is 0.458. The van der Waals surface area contributed by atoms with Crippen LogP contribution in [0.2, 0.25) is 0 Å². The van der Waals surface area contributed by atoms with Crippen LogP contribution in [0.15, 0.2) is 48.5 Å². The highest BCUT2D eigenvalue weighted by atomic mass is 16.5. The van der Waals surface area contributed by atoms with E-state index in [1.54, 1.807) is 19.1 Å². The van der Waals surface area contributed by atoms with E-state index < -0.39 is 6.10 Å². The third-order valence-corrected chi connectivity index (χ3v) is 4.93. The Kier molecular flexibility index (Phi) is 8.06. The summed E-state index contributed by atoms with van der Waals surface area (Å²) in [6.07, 6.45) is 2.63. The van der Waals surface area contributed by atoms with E-state index in [2.05, 4.69) is 20.8 Å². The summed E-state index contributed by atoms with van der Waals surface area (Å²) in [4.78, 5) is 11.9. The summed E-state index contributed by atoms with van der Waals surface area (Å²) in [7, 11) is 0. The summed E-state index contributed by atoms with van der Waals surface area (Å²) < 4.78 is 10.9. The second kappa shape index (κ2) is 10.3. The highest BCUT2D eigenvalue weighted by Crippen LogP contribution is 2.38. The van der Waals surface area contributed by atoms with Crippen LogP contribution in [0.5, 0.6) is 5.75 Å². The zero-order chi connectivity index (χ0) is 20.6. The van der Waals surface area contributed by atoms with Gasteiger partial charge in [-0.1, -0.05) is 57.9 Å². The predicted molar refractivity (Wildman–Crippen MR) is 111 cm³/mol. The number of carbonyl (C=O) groups is 1. The third-order valence-electron chi connectivity index (χ3n) is 4.93. The quantitative estimate of drug-likeness (QED) is 0.535. The molecule has 4 nitrogen and oxygen atoms in total. The van der Waals surface area contributed by atoms with Gasteiger partial charge in [0, 0.05) is 0 Å². The van der Waals surface area contributed by atoms with Gasteiger partial charge >= 0.3 is 5.97 Å². The highest BCUT2D eigenvalue weighted by molar-refractivity contribution is 5.89. The highest BCUT2D eigenvalue weighted by Gasteiger charge is 2.28. The molecule has 0 aliphatic carbocycles. The minimum atomic E-state index is -0.547. The van der Waals surface area contributed by atoms with Crippen molar-refractivity contribution in [1.29, 1.82) is 0 Å². The molecule has 152 valence electrons. The smallest absolute Gasteiger partial charge is 0.338 e. The molecule has 0 aromatic heterocycles. The molecule has 2 aromatic carbocycles. The molecule has 0 saturated heterocycles. The Labute approximate surface area is 168 Å². The number of ether oxygens (including phenoxy) is 2. The van der Waals surface area contributed by atoms with Gasteiger partial charge in [-0.05, 0) is 54.2 Å². The second-order valence-corrected chi connectivity index (χ2v) is 7.78. The lowest BCUT2D eigenvalue weighted by Crippen LogP contribution is -2.22. The maximum absolute atomic E-state index is 11.9. The molecule has 0 radical (unpaired) electrons. The van der Waals surface area contributed by atoms with Crippen LogP contribution in [0.3, 0.4) is 0 Å². The Bertz CT molecular complexity index is 767. The molecule has 0 saturated carbocycles. The molecular formula is C24H32O4. The van der Waals surface area contributed by atoms with E-state index in [9.17, 15) is 9.90 Å². The van der Waals surface area contributed by atoms with Gasteiger partial charge in [0.2, 0.25) is 0 Å². The number of aliphatic hydroxyl groups excluding tert-OH is 1. The first kappa shape index (κ1) is 22.0. The van der Waals surface area contributed by atoms with E-state index in [4.69, 9.17) is 9.47 Å². The lowest BCUT2D eigenvalue weighted by Gasteiger charge is -2.31. The zero-order valence-electron chi connectivity index (χ0n) is 17.4. The van der Waals surface area contributed by atoms with Crippen LogP contribution in [-0.4, -0.2) is 17.7 Å². The predicted octanol–water partition coefficient (Wildman–Crippen LogP) is 5.69. The Morgan fingerprint density at radius 3 is 2.57 bits per heavy atom. The van der Waals surface area contributed by atoms with Crippen LogP contribution in [0.4, 0.5) is 0 Å². The lowest BCUT2D eigenvalue weighted by atomic mass is 9.78. The number of esters is 1. The monoisotopic (exact) mass is 384 g/mol. The first-order chi connectivity index (χ1) is 13.4. The summed E-state index contributed by atoms with van der Waals surface area (Å²) in [6.45, 7) is 8.84. The fourth-order valence-corrected chi connectivity index (χ4v) is 3.16. The molecule has 0 fully saturated rings. The average molecular weight is 385 g/mol.